The Morgan fingerprint density at radius 1 is 1.27 bits per heavy atom. The van der Waals surface area contributed by atoms with Crippen LogP contribution in [0, 0.1) is 5.92 Å². The second-order valence-corrected chi connectivity index (χ2v) is 8.13. The van der Waals surface area contributed by atoms with E-state index in [1.54, 1.807) is 19.0 Å². The molecule has 26 heavy (non-hydrogen) atoms. The highest BCUT2D eigenvalue weighted by atomic mass is 16.3. The number of fused-ring (bicyclic) bond motifs is 1. The summed E-state index contributed by atoms with van der Waals surface area (Å²) in [6, 6.07) is 0.370. The lowest BCUT2D eigenvalue weighted by molar-refractivity contribution is 0.0819. The Bertz CT molecular complexity index is 605. The number of nitrogens with zero attached hydrogens (tertiary/aromatic N) is 3. The van der Waals surface area contributed by atoms with E-state index in [1.165, 1.54) is 37.8 Å². The Balaban J connectivity index is 1.79. The molecule has 1 fully saturated rings. The molecule has 6 heteroatoms. The molecule has 2 aliphatic carbocycles. The highest BCUT2D eigenvalue weighted by Gasteiger charge is 2.30. The van der Waals surface area contributed by atoms with Gasteiger partial charge in [0.15, 0.2) is 5.69 Å². The summed E-state index contributed by atoms with van der Waals surface area (Å²) < 4.78 is 2.16. The number of aliphatic hydroxyl groups excluding tert-OH is 1. The van der Waals surface area contributed by atoms with Crippen LogP contribution in [0.2, 0.25) is 0 Å². The number of hydrogen-bond donors (Lipinski definition) is 2. The Labute approximate surface area is 156 Å². The van der Waals surface area contributed by atoms with E-state index in [-0.39, 0.29) is 12.5 Å². The molecule has 1 amide bonds. The lowest BCUT2D eigenvalue weighted by Gasteiger charge is -2.26. The van der Waals surface area contributed by atoms with Gasteiger partial charge in [0, 0.05) is 44.5 Å². The molecule has 1 aromatic heterocycles. The van der Waals surface area contributed by atoms with Crippen molar-refractivity contribution >= 4 is 5.91 Å². The first-order valence-electron chi connectivity index (χ1n) is 10.2. The van der Waals surface area contributed by atoms with Crippen molar-refractivity contribution in [2.24, 2.45) is 5.92 Å². The minimum Gasteiger partial charge on any atom is -0.396 e. The number of rotatable bonds is 7. The van der Waals surface area contributed by atoms with Gasteiger partial charge in [-0.05, 0) is 51.0 Å². The van der Waals surface area contributed by atoms with Crippen molar-refractivity contribution in [1.82, 2.24) is 20.0 Å². The zero-order valence-corrected chi connectivity index (χ0v) is 16.3. The fraction of sp³-hybridized carbons (Fsp3) is 0.800. The third-order valence-corrected chi connectivity index (χ3v) is 5.88. The standard InChI is InChI=1S/C20H34N4O2/c1-23(2)20(26)19-17-13-16(21-11-6-12-25)9-10-18(17)24(22-19)14-15-7-4-3-5-8-15/h15-16,21,25H,3-14H2,1-2H3/t16-/m0/s1. The number of aliphatic hydroxyl groups is 1. The number of carbonyl (C=O) groups excluding carboxylic acids is 1. The van der Waals surface area contributed by atoms with Crippen LogP contribution >= 0.6 is 0 Å². The summed E-state index contributed by atoms with van der Waals surface area (Å²) in [5.74, 6) is 0.718. The Morgan fingerprint density at radius 2 is 2.04 bits per heavy atom. The third-order valence-electron chi connectivity index (χ3n) is 5.88. The first-order chi connectivity index (χ1) is 12.6. The van der Waals surface area contributed by atoms with Crippen molar-refractivity contribution in [3.05, 3.63) is 17.0 Å². The fourth-order valence-corrected chi connectivity index (χ4v) is 4.40. The molecule has 2 aliphatic rings. The largest absolute Gasteiger partial charge is 0.396 e. The van der Waals surface area contributed by atoms with E-state index in [1.807, 2.05) is 0 Å². The van der Waals surface area contributed by atoms with Crippen LogP contribution in [0.4, 0.5) is 0 Å². The Hall–Kier alpha value is -1.40. The number of aromatic nitrogens is 2. The molecular formula is C20H34N4O2. The normalized spacial score (nSPS) is 20.8. The number of hydrogen-bond acceptors (Lipinski definition) is 4. The first kappa shape index (κ1) is 19.4. The molecule has 1 aromatic rings. The van der Waals surface area contributed by atoms with Gasteiger partial charge in [0.05, 0.1) is 0 Å². The molecule has 0 radical (unpaired) electrons. The van der Waals surface area contributed by atoms with E-state index in [9.17, 15) is 4.79 Å². The molecule has 3 rings (SSSR count). The van der Waals surface area contributed by atoms with Crippen molar-refractivity contribution in [1.29, 1.82) is 0 Å². The van der Waals surface area contributed by atoms with Crippen LogP contribution in [0.15, 0.2) is 0 Å². The van der Waals surface area contributed by atoms with Crippen molar-refractivity contribution in [3.8, 4) is 0 Å². The van der Waals surface area contributed by atoms with Crippen LogP contribution in [0.3, 0.4) is 0 Å². The van der Waals surface area contributed by atoms with Crippen LogP contribution in [0.25, 0.3) is 0 Å². The van der Waals surface area contributed by atoms with Gasteiger partial charge in [0.2, 0.25) is 0 Å². The average molecular weight is 363 g/mol. The van der Waals surface area contributed by atoms with E-state index in [4.69, 9.17) is 10.2 Å². The minimum atomic E-state index is 0.0136. The maximum Gasteiger partial charge on any atom is 0.274 e. The van der Waals surface area contributed by atoms with E-state index in [2.05, 4.69) is 10.00 Å². The van der Waals surface area contributed by atoms with E-state index in [0.29, 0.717) is 17.7 Å². The second kappa shape index (κ2) is 9.00. The van der Waals surface area contributed by atoms with E-state index < -0.39 is 0 Å². The smallest absolute Gasteiger partial charge is 0.274 e. The maximum absolute atomic E-state index is 12.7. The maximum atomic E-state index is 12.7. The molecule has 0 saturated heterocycles. The van der Waals surface area contributed by atoms with Gasteiger partial charge in [-0.3, -0.25) is 9.48 Å². The quantitative estimate of drug-likeness (QED) is 0.728. The SMILES string of the molecule is CN(C)C(=O)c1nn(CC2CCCCC2)c2c1C[C@@H](NCCCO)CC2. The Morgan fingerprint density at radius 3 is 2.73 bits per heavy atom. The molecule has 6 nitrogen and oxygen atoms in total. The summed E-state index contributed by atoms with van der Waals surface area (Å²) in [5, 5.41) is 17.3. The number of amides is 1. The molecule has 0 bridgehead atoms. The summed E-state index contributed by atoms with van der Waals surface area (Å²) >= 11 is 0. The van der Waals surface area contributed by atoms with Crippen LogP contribution in [-0.2, 0) is 19.4 Å². The lowest BCUT2D eigenvalue weighted by Crippen LogP contribution is -2.36. The zero-order chi connectivity index (χ0) is 18.5. The molecule has 146 valence electrons. The third kappa shape index (κ3) is 4.46. The van der Waals surface area contributed by atoms with Gasteiger partial charge in [-0.25, -0.2) is 0 Å². The molecule has 0 aliphatic heterocycles. The van der Waals surface area contributed by atoms with Crippen molar-refractivity contribution < 1.29 is 9.90 Å². The van der Waals surface area contributed by atoms with Crippen LogP contribution < -0.4 is 5.32 Å². The van der Waals surface area contributed by atoms with Crippen molar-refractivity contribution in [2.75, 3.05) is 27.2 Å². The Kier molecular flexibility index (Phi) is 6.70. The monoisotopic (exact) mass is 362 g/mol. The molecule has 1 atom stereocenters. The summed E-state index contributed by atoms with van der Waals surface area (Å²) in [5.41, 5.74) is 3.07. The van der Waals surface area contributed by atoms with Gasteiger partial charge in [0.25, 0.3) is 5.91 Å². The molecule has 0 spiro atoms. The lowest BCUT2D eigenvalue weighted by atomic mass is 9.88. The van der Waals surface area contributed by atoms with Gasteiger partial charge in [-0.15, -0.1) is 0 Å². The first-order valence-corrected chi connectivity index (χ1v) is 10.2. The highest BCUT2D eigenvalue weighted by molar-refractivity contribution is 5.93. The van der Waals surface area contributed by atoms with Crippen LogP contribution in [0.1, 0.15) is 66.7 Å². The topological polar surface area (TPSA) is 70.4 Å². The summed E-state index contributed by atoms with van der Waals surface area (Å²) in [4.78, 5) is 14.3. The fourth-order valence-electron chi connectivity index (χ4n) is 4.40. The van der Waals surface area contributed by atoms with Crippen molar-refractivity contribution in [2.45, 2.75) is 70.4 Å². The molecule has 0 aromatic carbocycles. The van der Waals surface area contributed by atoms with Gasteiger partial charge < -0.3 is 15.3 Å². The van der Waals surface area contributed by atoms with Gasteiger partial charge in [-0.2, -0.15) is 5.10 Å². The van der Waals surface area contributed by atoms with Crippen molar-refractivity contribution in [3.63, 3.8) is 0 Å². The van der Waals surface area contributed by atoms with Gasteiger partial charge >= 0.3 is 0 Å². The summed E-state index contributed by atoms with van der Waals surface area (Å²) in [7, 11) is 3.60. The summed E-state index contributed by atoms with van der Waals surface area (Å²) in [6.07, 6.45) is 10.3. The molecule has 2 N–H and O–H groups in total. The molecule has 1 saturated carbocycles. The van der Waals surface area contributed by atoms with Gasteiger partial charge in [0.1, 0.15) is 0 Å². The molecule has 0 unspecified atom stereocenters. The van der Waals surface area contributed by atoms with Gasteiger partial charge in [-0.1, -0.05) is 19.3 Å². The predicted molar refractivity (Wildman–Crippen MR) is 102 cm³/mol. The van der Waals surface area contributed by atoms with E-state index >= 15 is 0 Å². The average Bonchev–Trinajstić information content (AvgIpc) is 3.00. The predicted octanol–water partition coefficient (Wildman–Crippen LogP) is 1.99. The van der Waals surface area contributed by atoms with Crippen LogP contribution in [0.5, 0.6) is 0 Å². The zero-order valence-electron chi connectivity index (χ0n) is 16.3. The van der Waals surface area contributed by atoms with Crippen LogP contribution in [-0.4, -0.2) is 59.0 Å². The second-order valence-electron chi connectivity index (χ2n) is 8.13. The molecular weight excluding hydrogens is 328 g/mol. The summed E-state index contributed by atoms with van der Waals surface area (Å²) in [6.45, 7) is 2.00. The number of nitrogens with one attached hydrogen (secondary N) is 1. The van der Waals surface area contributed by atoms with E-state index in [0.717, 1.165) is 44.3 Å². The highest BCUT2D eigenvalue weighted by Crippen LogP contribution is 2.29. The minimum absolute atomic E-state index is 0.0136. The molecule has 1 heterocycles. The number of carbonyl (C=O) groups is 1.